The number of hydrogen-bond acceptors (Lipinski definition) is 5. The highest BCUT2D eigenvalue weighted by Crippen LogP contribution is 2.14. The second-order valence-electron chi connectivity index (χ2n) is 4.17. The van der Waals surface area contributed by atoms with E-state index in [9.17, 15) is 8.42 Å². The van der Waals surface area contributed by atoms with Crippen LogP contribution in [0.4, 0.5) is 0 Å². The Morgan fingerprint density at radius 3 is 2.62 bits per heavy atom. The molecule has 0 saturated carbocycles. The van der Waals surface area contributed by atoms with Gasteiger partial charge < -0.3 is 5.11 Å². The summed E-state index contributed by atoms with van der Waals surface area (Å²) >= 11 is 1.42. The highest BCUT2D eigenvalue weighted by atomic mass is 32.2. The Morgan fingerprint density at radius 2 is 2.05 bits per heavy atom. The van der Waals surface area contributed by atoms with Crippen molar-refractivity contribution in [1.82, 2.24) is 9.71 Å². The Balaban J connectivity index is 2.10. The fourth-order valence-corrected chi connectivity index (χ4v) is 3.40. The second-order valence-corrected chi connectivity index (χ2v) is 6.88. The Labute approximate surface area is 127 Å². The van der Waals surface area contributed by atoms with Crippen LogP contribution in [0.15, 0.2) is 34.7 Å². The molecule has 2 aromatic rings. The molecule has 1 aromatic heterocycles. The van der Waals surface area contributed by atoms with E-state index >= 15 is 0 Å². The smallest absolute Gasteiger partial charge is 0.240 e. The van der Waals surface area contributed by atoms with Crippen molar-refractivity contribution in [3.8, 4) is 11.8 Å². The first-order valence-corrected chi connectivity index (χ1v) is 8.47. The van der Waals surface area contributed by atoms with Gasteiger partial charge in [0.15, 0.2) is 0 Å². The molecule has 0 unspecified atom stereocenters. The summed E-state index contributed by atoms with van der Waals surface area (Å²) in [4.78, 5) is 5.15. The Morgan fingerprint density at radius 1 is 1.33 bits per heavy atom. The Kier molecular flexibility index (Phi) is 5.09. The lowest BCUT2D eigenvalue weighted by molar-refractivity contribution is 0.350. The fourth-order valence-electron chi connectivity index (χ4n) is 1.60. The molecule has 0 bridgehead atoms. The van der Waals surface area contributed by atoms with Gasteiger partial charge >= 0.3 is 0 Å². The first-order valence-electron chi connectivity index (χ1n) is 6.11. The molecular formula is C14H14N2O3S2. The summed E-state index contributed by atoms with van der Waals surface area (Å²) in [5.74, 6) is 5.22. The van der Waals surface area contributed by atoms with E-state index in [-0.39, 0.29) is 18.0 Å². The molecule has 5 nitrogen and oxygen atoms in total. The number of benzene rings is 1. The van der Waals surface area contributed by atoms with E-state index in [0.717, 1.165) is 10.6 Å². The molecule has 0 aliphatic carbocycles. The minimum atomic E-state index is -3.56. The first kappa shape index (κ1) is 15.7. The van der Waals surface area contributed by atoms with Crippen molar-refractivity contribution in [1.29, 1.82) is 0 Å². The van der Waals surface area contributed by atoms with Gasteiger partial charge in [-0.15, -0.1) is 11.3 Å². The van der Waals surface area contributed by atoms with E-state index in [1.54, 1.807) is 17.6 Å². The summed E-state index contributed by atoms with van der Waals surface area (Å²) in [7, 11) is -3.56. The third kappa shape index (κ3) is 4.12. The lowest BCUT2D eigenvalue weighted by Crippen LogP contribution is -2.23. The molecule has 0 fully saturated rings. The average Bonchev–Trinajstić information content (AvgIpc) is 2.89. The molecule has 21 heavy (non-hydrogen) atoms. The van der Waals surface area contributed by atoms with Gasteiger partial charge in [-0.05, 0) is 31.2 Å². The maximum atomic E-state index is 12.2. The van der Waals surface area contributed by atoms with Crippen LogP contribution < -0.4 is 4.72 Å². The molecule has 0 aliphatic heterocycles. The molecule has 0 spiro atoms. The molecule has 0 saturated heterocycles. The van der Waals surface area contributed by atoms with Crippen LogP contribution in [-0.4, -0.2) is 25.1 Å². The number of nitrogens with zero attached hydrogens (tertiary/aromatic N) is 1. The number of aliphatic hydroxyl groups excluding tert-OH is 1. The van der Waals surface area contributed by atoms with E-state index in [1.807, 2.05) is 6.92 Å². The summed E-state index contributed by atoms with van der Waals surface area (Å²) in [5.41, 5.74) is 3.17. The van der Waals surface area contributed by atoms with Crippen molar-refractivity contribution in [3.63, 3.8) is 0 Å². The van der Waals surface area contributed by atoms with Gasteiger partial charge in [-0.3, -0.25) is 0 Å². The monoisotopic (exact) mass is 322 g/mol. The molecule has 0 radical (unpaired) electrons. The van der Waals surface area contributed by atoms with Gasteiger partial charge in [0.25, 0.3) is 0 Å². The molecular weight excluding hydrogens is 308 g/mol. The van der Waals surface area contributed by atoms with Crippen LogP contribution in [-0.2, 0) is 16.6 Å². The standard InChI is InChI=1S/C14H14N2O3S2/c1-11-14(20-10-15-11)9-16-21(18,19)13-6-4-12(5-7-13)3-2-8-17/h4-7,10,16-17H,8-9H2,1H3. The molecule has 2 rings (SSSR count). The van der Waals surface area contributed by atoms with Gasteiger partial charge in [0.05, 0.1) is 16.1 Å². The molecule has 7 heteroatoms. The van der Waals surface area contributed by atoms with Crippen LogP contribution in [0.3, 0.4) is 0 Å². The van der Waals surface area contributed by atoms with Gasteiger partial charge in [-0.2, -0.15) is 0 Å². The maximum Gasteiger partial charge on any atom is 0.240 e. The summed E-state index contributed by atoms with van der Waals surface area (Å²) in [6.45, 7) is 1.84. The summed E-state index contributed by atoms with van der Waals surface area (Å²) in [6, 6.07) is 6.19. The van der Waals surface area contributed by atoms with Crippen LogP contribution >= 0.6 is 11.3 Å². The van der Waals surface area contributed by atoms with Crippen LogP contribution in [0.2, 0.25) is 0 Å². The Hall–Kier alpha value is -1.72. The minimum absolute atomic E-state index is 0.180. The SMILES string of the molecule is Cc1ncsc1CNS(=O)(=O)c1ccc(C#CCO)cc1. The average molecular weight is 322 g/mol. The van der Waals surface area contributed by atoms with Gasteiger partial charge in [-0.25, -0.2) is 18.1 Å². The van der Waals surface area contributed by atoms with Crippen LogP contribution in [0, 0.1) is 18.8 Å². The van der Waals surface area contributed by atoms with E-state index in [0.29, 0.717) is 5.56 Å². The maximum absolute atomic E-state index is 12.2. The normalized spacial score (nSPS) is 11.0. The van der Waals surface area contributed by atoms with Crippen LogP contribution in [0.25, 0.3) is 0 Å². The van der Waals surface area contributed by atoms with E-state index in [4.69, 9.17) is 5.11 Å². The largest absolute Gasteiger partial charge is 0.384 e. The molecule has 0 aliphatic rings. The van der Waals surface area contributed by atoms with Crippen molar-refractivity contribution in [2.24, 2.45) is 0 Å². The van der Waals surface area contributed by atoms with Gasteiger partial charge in [-0.1, -0.05) is 11.8 Å². The topological polar surface area (TPSA) is 79.3 Å². The lowest BCUT2D eigenvalue weighted by atomic mass is 10.2. The van der Waals surface area contributed by atoms with Gasteiger partial charge in [0.1, 0.15) is 6.61 Å². The quantitative estimate of drug-likeness (QED) is 0.831. The minimum Gasteiger partial charge on any atom is -0.384 e. The van der Waals surface area contributed by atoms with Crippen molar-refractivity contribution >= 4 is 21.4 Å². The molecule has 2 N–H and O–H groups in total. The number of aliphatic hydroxyl groups is 1. The molecule has 0 atom stereocenters. The number of nitrogens with one attached hydrogen (secondary N) is 1. The third-order valence-electron chi connectivity index (χ3n) is 2.74. The molecule has 110 valence electrons. The van der Waals surface area contributed by atoms with Crippen molar-refractivity contribution in [2.45, 2.75) is 18.4 Å². The van der Waals surface area contributed by atoms with Crippen molar-refractivity contribution in [3.05, 3.63) is 45.9 Å². The van der Waals surface area contributed by atoms with Crippen LogP contribution in [0.5, 0.6) is 0 Å². The van der Waals surface area contributed by atoms with Gasteiger partial charge in [0.2, 0.25) is 10.0 Å². The summed E-state index contributed by atoms with van der Waals surface area (Å²) in [5, 5.41) is 8.61. The lowest BCUT2D eigenvalue weighted by Gasteiger charge is -2.06. The zero-order chi connectivity index (χ0) is 15.3. The van der Waals surface area contributed by atoms with E-state index in [2.05, 4.69) is 21.5 Å². The fraction of sp³-hybridized carbons (Fsp3) is 0.214. The second kappa shape index (κ2) is 6.83. The van der Waals surface area contributed by atoms with Crippen molar-refractivity contribution < 1.29 is 13.5 Å². The predicted molar refractivity (Wildman–Crippen MR) is 81.3 cm³/mol. The number of aromatic nitrogens is 1. The first-order chi connectivity index (χ1) is 10.0. The number of aryl methyl sites for hydroxylation is 1. The molecule has 1 heterocycles. The highest BCUT2D eigenvalue weighted by molar-refractivity contribution is 7.89. The van der Waals surface area contributed by atoms with E-state index in [1.165, 1.54) is 23.5 Å². The predicted octanol–water partition coefficient (Wildman–Crippen LogP) is 1.27. The van der Waals surface area contributed by atoms with Crippen LogP contribution in [0.1, 0.15) is 16.1 Å². The summed E-state index contributed by atoms with van der Waals surface area (Å²) < 4.78 is 26.9. The van der Waals surface area contributed by atoms with Crippen molar-refractivity contribution in [2.75, 3.05) is 6.61 Å². The zero-order valence-corrected chi connectivity index (χ0v) is 13.0. The van der Waals surface area contributed by atoms with Gasteiger partial charge in [0, 0.05) is 17.0 Å². The van der Waals surface area contributed by atoms with E-state index < -0.39 is 10.0 Å². The zero-order valence-electron chi connectivity index (χ0n) is 11.3. The third-order valence-corrected chi connectivity index (χ3v) is 5.10. The molecule has 1 aromatic carbocycles. The number of hydrogen-bond donors (Lipinski definition) is 2. The Bertz CT molecular complexity index is 769. The number of rotatable bonds is 4. The molecule has 0 amide bonds. The highest BCUT2D eigenvalue weighted by Gasteiger charge is 2.14. The number of thiazole rings is 1. The summed E-state index contributed by atoms with van der Waals surface area (Å²) in [6.07, 6.45) is 0. The number of sulfonamides is 1.